The number of rotatable bonds is 3. The fraction of sp³-hybridized carbons (Fsp3) is 0.429. The van der Waals surface area contributed by atoms with E-state index in [-0.39, 0.29) is 16.6 Å². The van der Waals surface area contributed by atoms with E-state index in [1.807, 2.05) is 18.2 Å². The molecule has 0 fully saturated rings. The van der Waals surface area contributed by atoms with Crippen LogP contribution in [0.15, 0.2) is 36.4 Å². The van der Waals surface area contributed by atoms with Gasteiger partial charge in [0.15, 0.2) is 11.5 Å². The molecule has 0 aliphatic heterocycles. The Hall–Kier alpha value is -2.16. The monoisotopic (exact) mass is 328 g/mol. The third kappa shape index (κ3) is 4.02. The van der Waals surface area contributed by atoms with E-state index in [0.29, 0.717) is 18.1 Å². The van der Waals surface area contributed by atoms with E-state index in [2.05, 4.69) is 41.5 Å². The lowest BCUT2D eigenvalue weighted by atomic mass is 9.78. The summed E-state index contributed by atoms with van der Waals surface area (Å²) in [7, 11) is 0. The van der Waals surface area contributed by atoms with Gasteiger partial charge >= 0.3 is 0 Å². The van der Waals surface area contributed by atoms with Crippen molar-refractivity contribution in [1.82, 2.24) is 0 Å². The largest absolute Gasteiger partial charge is 0.507 e. The van der Waals surface area contributed by atoms with Crippen LogP contribution in [-0.2, 0) is 17.4 Å². The summed E-state index contributed by atoms with van der Waals surface area (Å²) in [6.07, 6.45) is 0. The Balaban J connectivity index is 2.41. The topological polar surface area (TPSA) is 49.7 Å². The molecule has 0 aromatic heterocycles. The van der Waals surface area contributed by atoms with Crippen LogP contribution in [0.5, 0.6) is 17.2 Å². The van der Waals surface area contributed by atoms with Gasteiger partial charge in [-0.2, -0.15) is 0 Å². The number of para-hydroxylation sites is 2. The van der Waals surface area contributed by atoms with Crippen LogP contribution in [0.3, 0.4) is 0 Å². The fourth-order valence-electron chi connectivity index (χ4n) is 2.66. The summed E-state index contributed by atoms with van der Waals surface area (Å²) in [6, 6.07) is 10.9. The van der Waals surface area contributed by atoms with Gasteiger partial charge in [-0.15, -0.1) is 0 Å². The SMILES string of the molecule is CC(C)(C)c1cc(COc2ccccc2O)cc(C(C)(C)C)c1O. The maximum absolute atomic E-state index is 10.7. The van der Waals surface area contributed by atoms with Crippen molar-refractivity contribution >= 4 is 0 Å². The molecule has 0 unspecified atom stereocenters. The summed E-state index contributed by atoms with van der Waals surface area (Å²) in [5.74, 6) is 0.949. The summed E-state index contributed by atoms with van der Waals surface area (Å²) in [4.78, 5) is 0. The van der Waals surface area contributed by atoms with Gasteiger partial charge < -0.3 is 14.9 Å². The van der Waals surface area contributed by atoms with Crippen molar-refractivity contribution in [1.29, 1.82) is 0 Å². The van der Waals surface area contributed by atoms with Gasteiger partial charge in [0.1, 0.15) is 12.4 Å². The van der Waals surface area contributed by atoms with Crippen LogP contribution in [0.1, 0.15) is 58.2 Å². The molecular weight excluding hydrogens is 300 g/mol. The summed E-state index contributed by atoms with van der Waals surface area (Å²) in [5.41, 5.74) is 2.45. The van der Waals surface area contributed by atoms with Crippen LogP contribution in [0.2, 0.25) is 0 Å². The van der Waals surface area contributed by atoms with Gasteiger partial charge in [-0.05, 0) is 51.8 Å². The molecule has 2 N–H and O–H groups in total. The first-order chi connectivity index (χ1) is 11.0. The summed E-state index contributed by atoms with van der Waals surface area (Å²) >= 11 is 0. The van der Waals surface area contributed by atoms with E-state index >= 15 is 0 Å². The maximum Gasteiger partial charge on any atom is 0.161 e. The first kappa shape index (κ1) is 18.2. The number of hydrogen-bond donors (Lipinski definition) is 2. The molecular formula is C21H28O3. The molecule has 2 aromatic rings. The van der Waals surface area contributed by atoms with E-state index in [9.17, 15) is 10.2 Å². The third-order valence-electron chi connectivity index (χ3n) is 4.05. The summed E-state index contributed by atoms with van der Waals surface area (Å²) < 4.78 is 5.77. The van der Waals surface area contributed by atoms with Crippen LogP contribution >= 0.6 is 0 Å². The zero-order valence-corrected chi connectivity index (χ0v) is 15.5. The summed E-state index contributed by atoms with van der Waals surface area (Å²) in [5, 5.41) is 20.6. The Morgan fingerprint density at radius 2 is 1.33 bits per heavy atom. The van der Waals surface area contributed by atoms with Crippen molar-refractivity contribution in [2.24, 2.45) is 0 Å². The highest BCUT2D eigenvalue weighted by Gasteiger charge is 2.26. The molecule has 0 radical (unpaired) electrons. The van der Waals surface area contributed by atoms with Gasteiger partial charge in [0, 0.05) is 0 Å². The Morgan fingerprint density at radius 3 is 1.79 bits per heavy atom. The van der Waals surface area contributed by atoms with Gasteiger partial charge in [-0.25, -0.2) is 0 Å². The fourth-order valence-corrected chi connectivity index (χ4v) is 2.66. The van der Waals surface area contributed by atoms with Gasteiger partial charge in [0.05, 0.1) is 0 Å². The first-order valence-corrected chi connectivity index (χ1v) is 8.28. The van der Waals surface area contributed by atoms with E-state index in [1.165, 1.54) is 0 Å². The van der Waals surface area contributed by atoms with Crippen LogP contribution in [-0.4, -0.2) is 10.2 Å². The molecule has 0 aliphatic carbocycles. The molecule has 0 atom stereocenters. The highest BCUT2D eigenvalue weighted by molar-refractivity contribution is 5.50. The minimum atomic E-state index is -0.172. The van der Waals surface area contributed by atoms with Crippen molar-refractivity contribution in [3.05, 3.63) is 53.1 Å². The Morgan fingerprint density at radius 1 is 0.833 bits per heavy atom. The Labute approximate surface area is 144 Å². The standard InChI is InChI=1S/C21H28O3/c1-20(2,3)15-11-14(12-16(19(15)23)21(4,5)6)13-24-18-10-8-7-9-17(18)22/h7-12,22-23H,13H2,1-6H3. The molecule has 130 valence electrons. The van der Waals surface area contributed by atoms with Crippen molar-refractivity contribution in [3.8, 4) is 17.2 Å². The normalized spacial score (nSPS) is 12.2. The average molecular weight is 328 g/mol. The number of hydrogen-bond acceptors (Lipinski definition) is 3. The highest BCUT2D eigenvalue weighted by atomic mass is 16.5. The van der Waals surface area contributed by atoms with Gasteiger partial charge in [0.2, 0.25) is 0 Å². The van der Waals surface area contributed by atoms with E-state index < -0.39 is 0 Å². The number of benzene rings is 2. The van der Waals surface area contributed by atoms with Crippen LogP contribution in [0, 0.1) is 0 Å². The molecule has 3 nitrogen and oxygen atoms in total. The van der Waals surface area contributed by atoms with E-state index in [1.54, 1.807) is 18.2 Å². The Bertz CT molecular complexity index is 684. The predicted octanol–water partition coefficient (Wildman–Crippen LogP) is 5.27. The first-order valence-electron chi connectivity index (χ1n) is 8.28. The molecule has 0 heterocycles. The molecule has 0 saturated carbocycles. The van der Waals surface area contributed by atoms with Crippen molar-refractivity contribution < 1.29 is 14.9 Å². The summed E-state index contributed by atoms with van der Waals surface area (Å²) in [6.45, 7) is 12.9. The second-order valence-corrected chi connectivity index (χ2v) is 8.30. The lowest BCUT2D eigenvalue weighted by Gasteiger charge is -2.28. The molecule has 0 amide bonds. The predicted molar refractivity (Wildman–Crippen MR) is 97.9 cm³/mol. The minimum absolute atomic E-state index is 0.128. The van der Waals surface area contributed by atoms with E-state index in [0.717, 1.165) is 16.7 Å². The molecule has 2 rings (SSSR count). The van der Waals surface area contributed by atoms with Gasteiger partial charge in [-0.3, -0.25) is 0 Å². The zero-order valence-electron chi connectivity index (χ0n) is 15.5. The number of phenols is 2. The average Bonchev–Trinajstić information content (AvgIpc) is 2.45. The van der Waals surface area contributed by atoms with Crippen LogP contribution < -0.4 is 4.74 Å². The van der Waals surface area contributed by atoms with E-state index in [4.69, 9.17) is 4.74 Å². The third-order valence-corrected chi connectivity index (χ3v) is 4.05. The van der Waals surface area contributed by atoms with Crippen molar-refractivity contribution in [2.45, 2.75) is 59.0 Å². The van der Waals surface area contributed by atoms with Crippen LogP contribution in [0.4, 0.5) is 0 Å². The molecule has 3 heteroatoms. The molecule has 24 heavy (non-hydrogen) atoms. The number of ether oxygens (including phenoxy) is 1. The molecule has 0 saturated heterocycles. The second kappa shape index (κ2) is 6.39. The maximum atomic E-state index is 10.7. The van der Waals surface area contributed by atoms with Gasteiger partial charge in [-0.1, -0.05) is 53.7 Å². The zero-order chi connectivity index (χ0) is 18.1. The highest BCUT2D eigenvalue weighted by Crippen LogP contribution is 2.40. The van der Waals surface area contributed by atoms with Crippen LogP contribution in [0.25, 0.3) is 0 Å². The van der Waals surface area contributed by atoms with Crippen molar-refractivity contribution in [3.63, 3.8) is 0 Å². The quantitative estimate of drug-likeness (QED) is 0.806. The molecule has 2 aromatic carbocycles. The Kier molecular flexibility index (Phi) is 4.84. The minimum Gasteiger partial charge on any atom is -0.507 e. The smallest absolute Gasteiger partial charge is 0.161 e. The lowest BCUT2D eigenvalue weighted by Crippen LogP contribution is -2.18. The van der Waals surface area contributed by atoms with Gasteiger partial charge in [0.25, 0.3) is 0 Å². The second-order valence-electron chi connectivity index (χ2n) is 8.30. The number of phenolic OH excluding ortho intramolecular Hbond substituents is 2. The number of aromatic hydroxyl groups is 2. The molecule has 0 bridgehead atoms. The van der Waals surface area contributed by atoms with Crippen molar-refractivity contribution in [2.75, 3.05) is 0 Å². The molecule has 0 aliphatic rings. The molecule has 0 spiro atoms. The lowest BCUT2D eigenvalue weighted by molar-refractivity contribution is 0.288.